The summed E-state index contributed by atoms with van der Waals surface area (Å²) >= 11 is 7.91. The number of amides is 1. The number of rotatable bonds is 4. The highest BCUT2D eigenvalue weighted by atomic mass is 35.5. The number of carbonyl (C=O) groups is 1. The lowest BCUT2D eigenvalue weighted by molar-refractivity contribution is 0.0704. The smallest absolute Gasteiger partial charge is 0.276 e. The van der Waals surface area contributed by atoms with Crippen molar-refractivity contribution in [3.63, 3.8) is 0 Å². The van der Waals surface area contributed by atoms with E-state index in [1.807, 2.05) is 49.1 Å². The molecule has 9 heteroatoms. The molecule has 38 heavy (non-hydrogen) atoms. The van der Waals surface area contributed by atoms with Crippen molar-refractivity contribution in [2.45, 2.75) is 39.5 Å². The van der Waals surface area contributed by atoms with E-state index in [0.717, 1.165) is 45.2 Å². The minimum atomic E-state index is -0.0927. The first kappa shape index (κ1) is 24.7. The second kappa shape index (κ2) is 9.93. The van der Waals surface area contributed by atoms with E-state index in [1.165, 1.54) is 5.56 Å². The Labute approximate surface area is 230 Å². The Hall–Kier alpha value is -3.62. The standard InChI is InChI=1S/C29H27ClN6OS/c1-17-4-6-21(7-5-17)27-26(20-8-10-23(30)11-9-20)31-28(38-27)22-12-14-35(15-13-22)29(37)25-19(3)36-24(32-33-25)16-18(2)34-36/h4-11,16,22H,12-15H2,1-3H3. The van der Waals surface area contributed by atoms with Crippen molar-refractivity contribution in [2.75, 3.05) is 13.1 Å². The zero-order valence-electron chi connectivity index (χ0n) is 21.5. The van der Waals surface area contributed by atoms with Gasteiger partial charge >= 0.3 is 0 Å². The van der Waals surface area contributed by atoms with Gasteiger partial charge in [0.25, 0.3) is 5.91 Å². The number of thiazole rings is 1. The van der Waals surface area contributed by atoms with Crippen LogP contribution in [0, 0.1) is 20.8 Å². The van der Waals surface area contributed by atoms with Gasteiger partial charge in [-0.3, -0.25) is 4.79 Å². The number of benzene rings is 2. The molecule has 1 fully saturated rings. The quantitative estimate of drug-likeness (QED) is 0.258. The van der Waals surface area contributed by atoms with E-state index in [0.29, 0.717) is 35.1 Å². The fourth-order valence-corrected chi connectivity index (χ4v) is 6.36. The predicted molar refractivity (Wildman–Crippen MR) is 151 cm³/mol. The summed E-state index contributed by atoms with van der Waals surface area (Å²) in [5.74, 6) is 0.197. The minimum absolute atomic E-state index is 0.0927. The number of fused-ring (bicyclic) bond motifs is 1. The van der Waals surface area contributed by atoms with Gasteiger partial charge in [-0.2, -0.15) is 5.10 Å². The van der Waals surface area contributed by atoms with Gasteiger partial charge in [0, 0.05) is 35.7 Å². The summed E-state index contributed by atoms with van der Waals surface area (Å²) in [6, 6.07) is 18.3. The molecule has 1 amide bonds. The molecule has 192 valence electrons. The third-order valence-corrected chi connectivity index (χ3v) is 8.65. The van der Waals surface area contributed by atoms with Crippen LogP contribution >= 0.6 is 22.9 Å². The molecule has 2 aromatic carbocycles. The summed E-state index contributed by atoms with van der Waals surface area (Å²) in [5.41, 5.74) is 7.00. The van der Waals surface area contributed by atoms with Crippen molar-refractivity contribution in [1.29, 1.82) is 0 Å². The molecule has 0 aliphatic carbocycles. The lowest BCUT2D eigenvalue weighted by Gasteiger charge is -2.31. The van der Waals surface area contributed by atoms with E-state index in [2.05, 4.69) is 46.5 Å². The van der Waals surface area contributed by atoms with Crippen LogP contribution in [-0.2, 0) is 0 Å². The van der Waals surface area contributed by atoms with Crippen LogP contribution in [0.15, 0.2) is 54.6 Å². The third-order valence-electron chi connectivity index (χ3n) is 7.13. The molecule has 4 heterocycles. The Morgan fingerprint density at radius 3 is 2.34 bits per heavy atom. The second-order valence-electron chi connectivity index (χ2n) is 9.86. The average Bonchev–Trinajstić information content (AvgIpc) is 3.54. The molecule has 6 rings (SSSR count). The number of halogens is 1. The van der Waals surface area contributed by atoms with E-state index >= 15 is 0 Å². The molecule has 3 aromatic heterocycles. The van der Waals surface area contributed by atoms with E-state index < -0.39 is 0 Å². The maximum Gasteiger partial charge on any atom is 0.276 e. The van der Waals surface area contributed by atoms with E-state index in [-0.39, 0.29) is 11.8 Å². The zero-order chi connectivity index (χ0) is 26.4. The van der Waals surface area contributed by atoms with Crippen molar-refractivity contribution >= 4 is 34.5 Å². The third kappa shape index (κ3) is 4.59. The van der Waals surface area contributed by atoms with Crippen molar-refractivity contribution in [1.82, 2.24) is 29.7 Å². The van der Waals surface area contributed by atoms with Crippen LogP contribution < -0.4 is 0 Å². The summed E-state index contributed by atoms with van der Waals surface area (Å²) in [7, 11) is 0. The predicted octanol–water partition coefficient (Wildman–Crippen LogP) is 6.51. The SMILES string of the molecule is Cc1ccc(-c2sc(C3CCN(C(=O)c4nnc5cc(C)nn5c4C)CC3)nc2-c2ccc(Cl)cc2)cc1. The highest BCUT2D eigenvalue weighted by molar-refractivity contribution is 7.15. The van der Waals surface area contributed by atoms with Gasteiger partial charge in [-0.1, -0.05) is 53.6 Å². The Balaban J connectivity index is 1.25. The van der Waals surface area contributed by atoms with Gasteiger partial charge in [0.15, 0.2) is 11.3 Å². The normalized spacial score (nSPS) is 14.4. The summed E-state index contributed by atoms with van der Waals surface area (Å²) in [5, 5.41) is 14.7. The summed E-state index contributed by atoms with van der Waals surface area (Å²) < 4.78 is 1.70. The molecule has 1 saturated heterocycles. The van der Waals surface area contributed by atoms with Gasteiger partial charge in [0.05, 0.1) is 27.0 Å². The number of nitrogens with zero attached hydrogens (tertiary/aromatic N) is 6. The largest absolute Gasteiger partial charge is 0.337 e. The van der Waals surface area contributed by atoms with Crippen LogP contribution in [0.4, 0.5) is 0 Å². The number of hydrogen-bond donors (Lipinski definition) is 0. The molecule has 0 N–H and O–H groups in total. The number of aryl methyl sites for hydroxylation is 3. The Morgan fingerprint density at radius 1 is 0.947 bits per heavy atom. The molecular formula is C29H27ClN6OS. The molecule has 1 aliphatic rings. The molecule has 0 bridgehead atoms. The number of likely N-dealkylation sites (tertiary alicyclic amines) is 1. The van der Waals surface area contributed by atoms with Crippen molar-refractivity contribution in [3.05, 3.63) is 87.3 Å². The first-order chi connectivity index (χ1) is 18.4. The van der Waals surface area contributed by atoms with Crippen molar-refractivity contribution in [3.8, 4) is 21.7 Å². The number of aromatic nitrogens is 5. The first-order valence-corrected chi connectivity index (χ1v) is 13.9. The molecular weight excluding hydrogens is 516 g/mol. The van der Waals surface area contributed by atoms with E-state index in [4.69, 9.17) is 16.6 Å². The molecule has 1 aliphatic heterocycles. The summed E-state index contributed by atoms with van der Waals surface area (Å²) in [4.78, 5) is 21.5. The number of hydrogen-bond acceptors (Lipinski definition) is 6. The van der Waals surface area contributed by atoms with Crippen LogP contribution in [0.5, 0.6) is 0 Å². The van der Waals surface area contributed by atoms with Crippen LogP contribution in [-0.4, -0.2) is 48.7 Å². The number of carbonyl (C=O) groups excluding carboxylic acids is 1. The lowest BCUT2D eigenvalue weighted by Crippen LogP contribution is -2.39. The molecule has 0 unspecified atom stereocenters. The van der Waals surface area contributed by atoms with E-state index in [1.54, 1.807) is 15.9 Å². The highest BCUT2D eigenvalue weighted by Gasteiger charge is 2.30. The van der Waals surface area contributed by atoms with Gasteiger partial charge < -0.3 is 4.90 Å². The topological polar surface area (TPSA) is 76.3 Å². The van der Waals surface area contributed by atoms with Gasteiger partial charge in [0.2, 0.25) is 0 Å². The second-order valence-corrected chi connectivity index (χ2v) is 11.3. The fourth-order valence-electron chi connectivity index (χ4n) is 4.97. The fraction of sp³-hybridized carbons (Fsp3) is 0.276. The van der Waals surface area contributed by atoms with Crippen molar-refractivity contribution in [2.24, 2.45) is 0 Å². The molecule has 0 atom stereocenters. The minimum Gasteiger partial charge on any atom is -0.337 e. The average molecular weight is 543 g/mol. The van der Waals surface area contributed by atoms with Gasteiger partial charge in [-0.15, -0.1) is 21.5 Å². The highest BCUT2D eigenvalue weighted by Crippen LogP contribution is 2.42. The maximum atomic E-state index is 13.4. The van der Waals surface area contributed by atoms with Crippen LogP contribution in [0.3, 0.4) is 0 Å². The Morgan fingerprint density at radius 2 is 1.63 bits per heavy atom. The Bertz CT molecular complexity index is 1570. The molecule has 0 radical (unpaired) electrons. The van der Waals surface area contributed by atoms with E-state index in [9.17, 15) is 4.79 Å². The van der Waals surface area contributed by atoms with Gasteiger partial charge in [-0.25, -0.2) is 9.50 Å². The van der Waals surface area contributed by atoms with Crippen molar-refractivity contribution < 1.29 is 4.79 Å². The van der Waals surface area contributed by atoms with Crippen LogP contribution in [0.1, 0.15) is 51.2 Å². The summed E-state index contributed by atoms with van der Waals surface area (Å²) in [6.07, 6.45) is 1.70. The first-order valence-electron chi connectivity index (χ1n) is 12.7. The number of piperidine rings is 1. The monoisotopic (exact) mass is 542 g/mol. The Kier molecular flexibility index (Phi) is 6.45. The molecule has 0 saturated carbocycles. The molecule has 0 spiro atoms. The van der Waals surface area contributed by atoms with Crippen LogP contribution in [0.25, 0.3) is 27.3 Å². The molecule has 5 aromatic rings. The maximum absolute atomic E-state index is 13.4. The zero-order valence-corrected chi connectivity index (χ0v) is 23.1. The van der Waals surface area contributed by atoms with Crippen LogP contribution in [0.2, 0.25) is 5.02 Å². The summed E-state index contributed by atoms with van der Waals surface area (Å²) in [6.45, 7) is 7.17. The van der Waals surface area contributed by atoms with Gasteiger partial charge in [0.1, 0.15) is 0 Å². The molecule has 7 nitrogen and oxygen atoms in total. The lowest BCUT2D eigenvalue weighted by atomic mass is 9.97. The van der Waals surface area contributed by atoms with Gasteiger partial charge in [-0.05, 0) is 51.3 Å².